The fourth-order valence-electron chi connectivity index (χ4n) is 4.43. The van der Waals surface area contributed by atoms with Gasteiger partial charge in [-0.1, -0.05) is 64.1 Å². The monoisotopic (exact) mass is 414 g/mol. The Morgan fingerprint density at radius 1 is 1.00 bits per heavy atom. The number of ether oxygens (including phenoxy) is 2. The van der Waals surface area contributed by atoms with Crippen molar-refractivity contribution < 1.29 is 14.0 Å². The van der Waals surface area contributed by atoms with Gasteiger partial charge in [0.15, 0.2) is 0 Å². The van der Waals surface area contributed by atoms with Crippen LogP contribution in [0.5, 0.6) is 0 Å². The predicted molar refractivity (Wildman–Crippen MR) is 127 cm³/mol. The van der Waals surface area contributed by atoms with Crippen LogP contribution in [0.4, 0.5) is 0 Å². The first-order chi connectivity index (χ1) is 14.1. The van der Waals surface area contributed by atoms with Crippen LogP contribution in [0.15, 0.2) is 48.6 Å². The van der Waals surface area contributed by atoms with E-state index in [-0.39, 0.29) is 5.60 Å². The number of hydrogen-bond donors (Lipinski definition) is 0. The van der Waals surface area contributed by atoms with Gasteiger partial charge < -0.3 is 0 Å². The highest BCUT2D eigenvalue weighted by Gasteiger charge is 2.54. The number of quaternary nitrogens is 1. The summed E-state index contributed by atoms with van der Waals surface area (Å²) >= 11 is 0. The smallest absolute Gasteiger partial charge is 0.299 e. The molecule has 0 radical (unpaired) electrons. The van der Waals surface area contributed by atoms with E-state index < -0.39 is 5.91 Å². The Morgan fingerprint density at radius 2 is 1.67 bits per heavy atom. The fraction of sp³-hybridized carbons (Fsp3) is 0.630. The lowest BCUT2D eigenvalue weighted by atomic mass is 9.86. The lowest BCUT2D eigenvalue weighted by Crippen LogP contribution is -2.63. The molecular weight excluding hydrogens is 370 g/mol. The van der Waals surface area contributed by atoms with E-state index in [1.807, 2.05) is 0 Å². The van der Waals surface area contributed by atoms with E-state index in [1.165, 1.54) is 5.56 Å². The van der Waals surface area contributed by atoms with Crippen LogP contribution in [0.3, 0.4) is 0 Å². The molecular formula is C27H44NO2+. The minimum Gasteiger partial charge on any atom is -0.299 e. The number of rotatable bonds is 11. The molecule has 2 unspecified atom stereocenters. The molecule has 0 aromatic heterocycles. The average molecular weight is 415 g/mol. The van der Waals surface area contributed by atoms with Gasteiger partial charge in [0, 0.05) is 0 Å². The third-order valence-electron chi connectivity index (χ3n) is 6.10. The van der Waals surface area contributed by atoms with Crippen LogP contribution >= 0.6 is 0 Å². The fourth-order valence-corrected chi connectivity index (χ4v) is 4.43. The van der Waals surface area contributed by atoms with E-state index in [2.05, 4.69) is 104 Å². The molecule has 2 rings (SSSR count). The summed E-state index contributed by atoms with van der Waals surface area (Å²) in [5.41, 5.74) is 2.08. The molecule has 0 fully saturated rings. The van der Waals surface area contributed by atoms with Gasteiger partial charge >= 0.3 is 5.91 Å². The first-order valence-electron chi connectivity index (χ1n) is 11.7. The second kappa shape index (κ2) is 10.3. The van der Waals surface area contributed by atoms with Gasteiger partial charge in [0.25, 0.3) is 0 Å². The van der Waals surface area contributed by atoms with Crippen LogP contribution in [0, 0.1) is 11.8 Å². The molecule has 3 nitrogen and oxygen atoms in total. The Hall–Kier alpha value is -1.42. The molecule has 0 N–H and O–H groups in total. The van der Waals surface area contributed by atoms with Crippen LogP contribution in [0.1, 0.15) is 65.5 Å². The Kier molecular flexibility index (Phi) is 8.50. The summed E-state index contributed by atoms with van der Waals surface area (Å²) in [5.74, 6) is 0.288. The van der Waals surface area contributed by atoms with Crippen LogP contribution < -0.4 is 0 Å². The molecule has 0 saturated carbocycles. The van der Waals surface area contributed by atoms with Gasteiger partial charge in [0.05, 0.1) is 38.4 Å². The van der Waals surface area contributed by atoms with Gasteiger partial charge in [-0.05, 0) is 62.6 Å². The molecule has 0 heterocycles. The molecule has 3 heteroatoms. The van der Waals surface area contributed by atoms with Crippen molar-refractivity contribution in [2.75, 3.05) is 27.2 Å². The lowest BCUT2D eigenvalue weighted by molar-refractivity contribution is -1.01. The van der Waals surface area contributed by atoms with Crippen LogP contribution in [-0.4, -0.2) is 37.3 Å². The summed E-state index contributed by atoms with van der Waals surface area (Å²) in [6, 6.07) is 8.92. The number of hydrogen-bond acceptors (Lipinski definition) is 2. The summed E-state index contributed by atoms with van der Waals surface area (Å²) in [6.45, 7) is 14.8. The van der Waals surface area contributed by atoms with Crippen LogP contribution in [-0.2, 0) is 21.8 Å². The second-order valence-electron chi connectivity index (χ2n) is 10.1. The van der Waals surface area contributed by atoms with Crippen LogP contribution in [0.25, 0.3) is 0 Å². The molecule has 1 aliphatic carbocycles. The minimum atomic E-state index is -0.871. The van der Waals surface area contributed by atoms with Crippen LogP contribution in [0.2, 0.25) is 0 Å². The molecule has 1 aliphatic rings. The average Bonchev–Trinajstić information content (AvgIpc) is 2.67. The Balaban J connectivity index is 2.58. The summed E-state index contributed by atoms with van der Waals surface area (Å²) in [5, 5.41) is 0. The zero-order valence-electron chi connectivity index (χ0n) is 20.6. The highest BCUT2D eigenvalue weighted by Crippen LogP contribution is 2.43. The van der Waals surface area contributed by atoms with E-state index in [4.69, 9.17) is 9.47 Å². The predicted octanol–water partition coefficient (Wildman–Crippen LogP) is 6.45. The minimum absolute atomic E-state index is 0.376. The number of nitrogens with zero attached hydrogens (tertiary/aromatic N) is 1. The van der Waals surface area contributed by atoms with Gasteiger partial charge in [0.2, 0.25) is 0 Å². The van der Waals surface area contributed by atoms with E-state index in [1.54, 1.807) is 0 Å². The topological polar surface area (TPSA) is 18.5 Å². The van der Waals surface area contributed by atoms with Crippen molar-refractivity contribution in [3.05, 3.63) is 59.7 Å². The molecule has 0 saturated heterocycles. The summed E-state index contributed by atoms with van der Waals surface area (Å²) in [7, 11) is 4.42. The van der Waals surface area contributed by atoms with E-state index in [0.29, 0.717) is 22.9 Å². The Morgan fingerprint density at radius 3 is 2.13 bits per heavy atom. The summed E-state index contributed by atoms with van der Waals surface area (Å²) in [4.78, 5) is 0. The van der Waals surface area contributed by atoms with Crippen molar-refractivity contribution in [2.45, 2.75) is 72.3 Å². The largest absolute Gasteiger partial charge is 0.348 e. The number of allylic oxidation sites excluding steroid dienone is 2. The standard InChI is InChI=1S/C27H44NO2/c1-9-28(7,8)27(29-10-2,25-16-14-24(15-17-25)20-22(3)4)30-26(21-23(5)6)18-12-11-13-19-26/h11-18,22-23H,9-10,19-21H2,1-8H3/q+1. The highest BCUT2D eigenvalue weighted by molar-refractivity contribution is 5.26. The maximum Gasteiger partial charge on any atom is 0.348 e. The third kappa shape index (κ3) is 5.63. The SMILES string of the molecule is CCOC(OC1(CC(C)C)C=CC=CC1)(c1ccc(CC(C)C)cc1)[N+](C)(C)CC. The molecule has 1 aromatic carbocycles. The first kappa shape index (κ1) is 24.8. The molecule has 0 amide bonds. The van der Waals surface area contributed by atoms with Crippen molar-refractivity contribution in [1.29, 1.82) is 0 Å². The van der Waals surface area contributed by atoms with E-state index in [9.17, 15) is 0 Å². The van der Waals surface area contributed by atoms with Crippen molar-refractivity contribution in [3.8, 4) is 0 Å². The van der Waals surface area contributed by atoms with Crippen molar-refractivity contribution in [3.63, 3.8) is 0 Å². The molecule has 30 heavy (non-hydrogen) atoms. The highest BCUT2D eigenvalue weighted by atomic mass is 16.7. The van der Waals surface area contributed by atoms with Gasteiger partial charge in [-0.2, -0.15) is 0 Å². The lowest BCUT2D eigenvalue weighted by Gasteiger charge is -2.50. The maximum absolute atomic E-state index is 7.19. The van der Waals surface area contributed by atoms with Gasteiger partial charge in [-0.25, -0.2) is 0 Å². The van der Waals surface area contributed by atoms with Crippen molar-refractivity contribution >= 4 is 0 Å². The van der Waals surface area contributed by atoms with Gasteiger partial charge in [0.1, 0.15) is 0 Å². The maximum atomic E-state index is 7.19. The molecule has 1 aromatic rings. The molecule has 0 spiro atoms. The molecule has 2 atom stereocenters. The summed E-state index contributed by atoms with van der Waals surface area (Å²) < 4.78 is 14.4. The zero-order valence-corrected chi connectivity index (χ0v) is 20.6. The molecule has 168 valence electrons. The Labute approximate surface area is 185 Å². The summed E-state index contributed by atoms with van der Waals surface area (Å²) in [6.07, 6.45) is 11.6. The van der Waals surface area contributed by atoms with Gasteiger partial charge in [-0.15, -0.1) is 0 Å². The quantitative estimate of drug-likeness (QED) is 0.306. The molecule has 0 aliphatic heterocycles. The third-order valence-corrected chi connectivity index (χ3v) is 6.10. The van der Waals surface area contributed by atoms with Crippen molar-refractivity contribution in [2.24, 2.45) is 11.8 Å². The first-order valence-corrected chi connectivity index (χ1v) is 11.7. The van der Waals surface area contributed by atoms with Crippen molar-refractivity contribution in [1.82, 2.24) is 0 Å². The van der Waals surface area contributed by atoms with E-state index in [0.717, 1.165) is 31.4 Å². The van der Waals surface area contributed by atoms with Gasteiger partial charge in [-0.3, -0.25) is 14.0 Å². The normalized spacial score (nSPS) is 21.4. The number of benzene rings is 1. The molecule has 0 bridgehead atoms. The Bertz CT molecular complexity index is 717. The van der Waals surface area contributed by atoms with E-state index >= 15 is 0 Å². The second-order valence-corrected chi connectivity index (χ2v) is 10.1. The zero-order chi connectivity index (χ0) is 22.4.